The van der Waals surface area contributed by atoms with E-state index in [4.69, 9.17) is 21.1 Å². The average molecular weight is 484 g/mol. The van der Waals surface area contributed by atoms with E-state index in [0.717, 1.165) is 5.56 Å². The van der Waals surface area contributed by atoms with Crippen LogP contribution in [0.3, 0.4) is 0 Å². The van der Waals surface area contributed by atoms with Gasteiger partial charge in [-0.2, -0.15) is 0 Å². The van der Waals surface area contributed by atoms with Crippen LogP contribution in [-0.2, 0) is 14.3 Å². The Labute approximate surface area is 201 Å². The van der Waals surface area contributed by atoms with E-state index in [1.807, 2.05) is 19.1 Å². The minimum atomic E-state index is -0.782. The summed E-state index contributed by atoms with van der Waals surface area (Å²) in [6, 6.07) is 15.7. The molecule has 0 radical (unpaired) electrons. The summed E-state index contributed by atoms with van der Waals surface area (Å²) >= 11 is 6.47. The number of halogens is 2. The summed E-state index contributed by atoms with van der Waals surface area (Å²) in [5.41, 5.74) is 2.78. The molecule has 0 saturated carbocycles. The van der Waals surface area contributed by atoms with Gasteiger partial charge in [-0.1, -0.05) is 35.9 Å². The first-order valence-corrected chi connectivity index (χ1v) is 10.8. The first-order valence-electron chi connectivity index (χ1n) is 10.5. The van der Waals surface area contributed by atoms with Crippen LogP contribution in [0.5, 0.6) is 0 Å². The van der Waals surface area contributed by atoms with Crippen molar-refractivity contribution in [1.29, 1.82) is 0 Å². The number of rotatable bonds is 7. The summed E-state index contributed by atoms with van der Waals surface area (Å²) in [6.45, 7) is 4.45. The van der Waals surface area contributed by atoms with E-state index >= 15 is 0 Å². The highest BCUT2D eigenvalue weighted by molar-refractivity contribution is 6.35. The third-order valence-electron chi connectivity index (χ3n) is 5.04. The number of hydrogen-bond acceptors (Lipinski definition) is 5. The molecule has 176 valence electrons. The number of aryl methyl sites for hydroxylation is 2. The lowest BCUT2D eigenvalue weighted by Gasteiger charge is -2.24. The minimum absolute atomic E-state index is 0.109. The standard InChI is InChI=1S/C26H23ClFNO5/c1-16-6-4-5-7-21(16)25(31)22-10-9-20(15-23(22)27)29(24-11-8-19(28)14-17(24)2)26(32)34-13-12-33-18(3)30/h4-11,14-15H,12-13H2,1-3H3. The summed E-state index contributed by atoms with van der Waals surface area (Å²) in [6.07, 6.45) is -0.782. The van der Waals surface area contributed by atoms with Gasteiger partial charge in [0, 0.05) is 18.1 Å². The Balaban J connectivity index is 1.96. The second kappa shape index (κ2) is 10.9. The van der Waals surface area contributed by atoms with Gasteiger partial charge in [0.2, 0.25) is 0 Å². The van der Waals surface area contributed by atoms with Crippen molar-refractivity contribution >= 4 is 40.8 Å². The van der Waals surface area contributed by atoms with Crippen LogP contribution in [0, 0.1) is 19.7 Å². The summed E-state index contributed by atoms with van der Waals surface area (Å²) < 4.78 is 23.7. The van der Waals surface area contributed by atoms with Crippen molar-refractivity contribution in [2.75, 3.05) is 18.1 Å². The largest absolute Gasteiger partial charge is 0.462 e. The van der Waals surface area contributed by atoms with Crippen molar-refractivity contribution in [2.24, 2.45) is 0 Å². The maximum Gasteiger partial charge on any atom is 0.419 e. The van der Waals surface area contributed by atoms with Gasteiger partial charge in [0.15, 0.2) is 5.78 Å². The highest BCUT2D eigenvalue weighted by atomic mass is 35.5. The fraction of sp³-hybridized carbons (Fsp3) is 0.192. The van der Waals surface area contributed by atoms with Crippen LogP contribution in [0.15, 0.2) is 60.7 Å². The van der Waals surface area contributed by atoms with E-state index < -0.39 is 17.9 Å². The molecule has 0 N–H and O–H groups in total. The third kappa shape index (κ3) is 5.80. The van der Waals surface area contributed by atoms with Gasteiger partial charge in [-0.15, -0.1) is 0 Å². The first kappa shape index (κ1) is 24.9. The molecule has 0 spiro atoms. The number of carbonyl (C=O) groups is 3. The molecule has 34 heavy (non-hydrogen) atoms. The number of benzene rings is 3. The quantitative estimate of drug-likeness (QED) is 0.228. The Morgan fingerprint density at radius 3 is 2.24 bits per heavy atom. The van der Waals surface area contributed by atoms with E-state index in [9.17, 15) is 18.8 Å². The zero-order valence-corrected chi connectivity index (χ0v) is 19.7. The predicted octanol–water partition coefficient (Wildman–Crippen LogP) is 6.16. The van der Waals surface area contributed by atoms with Crippen molar-refractivity contribution in [3.63, 3.8) is 0 Å². The summed E-state index contributed by atoms with van der Waals surface area (Å²) in [5.74, 6) is -1.20. The molecule has 0 aliphatic carbocycles. The van der Waals surface area contributed by atoms with Crippen molar-refractivity contribution in [1.82, 2.24) is 0 Å². The zero-order chi connectivity index (χ0) is 24.8. The second-order valence-corrected chi connectivity index (χ2v) is 7.94. The van der Waals surface area contributed by atoms with Gasteiger partial charge in [-0.25, -0.2) is 14.1 Å². The van der Waals surface area contributed by atoms with E-state index in [1.165, 1.54) is 42.2 Å². The maximum atomic E-state index is 13.7. The van der Waals surface area contributed by atoms with Crippen LogP contribution in [-0.4, -0.2) is 31.1 Å². The highest BCUT2D eigenvalue weighted by Crippen LogP contribution is 2.33. The van der Waals surface area contributed by atoms with Crippen molar-refractivity contribution in [2.45, 2.75) is 20.8 Å². The number of hydrogen-bond donors (Lipinski definition) is 0. The topological polar surface area (TPSA) is 72.9 Å². The summed E-state index contributed by atoms with van der Waals surface area (Å²) in [7, 11) is 0. The van der Waals surface area contributed by atoms with Crippen molar-refractivity contribution in [3.8, 4) is 0 Å². The molecule has 0 heterocycles. The number of nitrogens with zero attached hydrogens (tertiary/aromatic N) is 1. The lowest BCUT2D eigenvalue weighted by molar-refractivity contribution is -0.141. The zero-order valence-electron chi connectivity index (χ0n) is 18.9. The number of ketones is 1. The number of esters is 1. The van der Waals surface area contributed by atoms with E-state index in [2.05, 4.69) is 0 Å². The van der Waals surface area contributed by atoms with Gasteiger partial charge in [0.1, 0.15) is 19.0 Å². The fourth-order valence-corrected chi connectivity index (χ4v) is 3.65. The molecule has 6 nitrogen and oxygen atoms in total. The van der Waals surface area contributed by atoms with Gasteiger partial charge in [0.25, 0.3) is 0 Å². The summed E-state index contributed by atoms with van der Waals surface area (Å²) in [4.78, 5) is 38.2. The average Bonchev–Trinajstić information content (AvgIpc) is 2.78. The van der Waals surface area contributed by atoms with Crippen LogP contribution in [0.4, 0.5) is 20.6 Å². The van der Waals surface area contributed by atoms with Crippen LogP contribution < -0.4 is 4.90 Å². The minimum Gasteiger partial charge on any atom is -0.462 e. The molecular weight excluding hydrogens is 461 g/mol. The third-order valence-corrected chi connectivity index (χ3v) is 5.35. The number of ether oxygens (including phenoxy) is 2. The molecule has 0 atom stereocenters. The van der Waals surface area contributed by atoms with Crippen LogP contribution in [0.25, 0.3) is 0 Å². The Kier molecular flexibility index (Phi) is 8.02. The first-order chi connectivity index (χ1) is 16.2. The second-order valence-electron chi connectivity index (χ2n) is 7.53. The molecule has 3 aromatic rings. The Hall–Kier alpha value is -3.71. The van der Waals surface area contributed by atoms with Gasteiger partial charge in [-0.3, -0.25) is 9.59 Å². The lowest BCUT2D eigenvalue weighted by atomic mass is 9.99. The molecule has 0 aliphatic heterocycles. The SMILES string of the molecule is CC(=O)OCCOC(=O)N(c1ccc(C(=O)c2ccccc2C)c(Cl)c1)c1ccc(F)cc1C. The Bertz CT molecular complexity index is 1240. The van der Waals surface area contributed by atoms with E-state index in [1.54, 1.807) is 25.1 Å². The molecule has 0 bridgehead atoms. The lowest BCUT2D eigenvalue weighted by Crippen LogP contribution is -2.29. The maximum absolute atomic E-state index is 13.7. The normalized spacial score (nSPS) is 10.5. The van der Waals surface area contributed by atoms with Crippen LogP contribution in [0.1, 0.15) is 34.0 Å². The predicted molar refractivity (Wildman–Crippen MR) is 127 cm³/mol. The Morgan fingerprint density at radius 1 is 0.882 bits per heavy atom. The number of carbonyl (C=O) groups excluding carboxylic acids is 3. The molecule has 0 aliphatic rings. The molecule has 3 aromatic carbocycles. The van der Waals surface area contributed by atoms with Crippen LogP contribution in [0.2, 0.25) is 5.02 Å². The smallest absolute Gasteiger partial charge is 0.419 e. The molecule has 3 rings (SSSR count). The van der Waals surface area contributed by atoms with Crippen LogP contribution >= 0.6 is 11.6 Å². The van der Waals surface area contributed by atoms with E-state index in [-0.39, 0.29) is 29.6 Å². The molecule has 0 aromatic heterocycles. The molecule has 0 unspecified atom stereocenters. The molecule has 8 heteroatoms. The Morgan fingerprint density at radius 2 is 1.59 bits per heavy atom. The fourth-order valence-electron chi connectivity index (χ4n) is 3.39. The van der Waals surface area contributed by atoms with E-state index in [0.29, 0.717) is 22.5 Å². The number of amides is 1. The molecule has 0 saturated heterocycles. The monoisotopic (exact) mass is 483 g/mol. The number of anilines is 2. The molecular formula is C26H23ClFNO5. The van der Waals surface area contributed by atoms with Gasteiger partial charge in [0.05, 0.1) is 16.4 Å². The van der Waals surface area contributed by atoms with Gasteiger partial charge in [-0.05, 0) is 61.4 Å². The van der Waals surface area contributed by atoms with Crippen molar-refractivity contribution < 1.29 is 28.2 Å². The summed E-state index contributed by atoms with van der Waals surface area (Å²) in [5, 5.41) is 0.142. The van der Waals surface area contributed by atoms with Gasteiger partial charge >= 0.3 is 12.1 Å². The highest BCUT2D eigenvalue weighted by Gasteiger charge is 2.24. The van der Waals surface area contributed by atoms with Gasteiger partial charge < -0.3 is 9.47 Å². The molecule has 0 fully saturated rings. The molecule has 1 amide bonds. The van der Waals surface area contributed by atoms with Crippen molar-refractivity contribution in [3.05, 3.63) is 93.8 Å².